The van der Waals surface area contributed by atoms with E-state index in [0.29, 0.717) is 6.07 Å². The van der Waals surface area contributed by atoms with Gasteiger partial charge >= 0.3 is 24.4 Å². The molecular weight excluding hydrogens is 516 g/mol. The maximum atomic E-state index is 13.6. The highest BCUT2D eigenvalue weighted by Crippen LogP contribution is 2.45. The fraction of sp³-hybridized carbons (Fsp3) is 0.259. The predicted molar refractivity (Wildman–Crippen MR) is 124 cm³/mol. The van der Waals surface area contributed by atoms with Crippen molar-refractivity contribution in [2.75, 3.05) is 6.61 Å². The molecule has 0 spiro atoms. The van der Waals surface area contributed by atoms with E-state index in [2.05, 4.69) is 5.32 Å². The van der Waals surface area contributed by atoms with Crippen molar-refractivity contribution >= 4 is 12.1 Å². The van der Waals surface area contributed by atoms with E-state index < -0.39 is 60.0 Å². The second kappa shape index (κ2) is 10.4. The number of amides is 1. The molecule has 0 unspecified atom stereocenters. The summed E-state index contributed by atoms with van der Waals surface area (Å²) in [5, 5.41) is 11.4. The van der Waals surface area contributed by atoms with Gasteiger partial charge in [-0.25, -0.2) is 4.79 Å². The molecule has 3 aromatic carbocycles. The molecule has 5 nitrogen and oxygen atoms in total. The SMILES string of the molecule is O=C(O)C[C@H](Cc1cccc(C(F)(F)F)c1C(F)(F)F)NC(=O)OCC1c2ccccc2-c2ccccc21. The van der Waals surface area contributed by atoms with Gasteiger partial charge < -0.3 is 15.2 Å². The minimum absolute atomic E-state index is 0.142. The van der Waals surface area contributed by atoms with Gasteiger partial charge in [-0.15, -0.1) is 0 Å². The number of carboxylic acid groups (broad SMARTS) is 1. The summed E-state index contributed by atoms with van der Waals surface area (Å²) in [6.07, 6.45) is -13.4. The van der Waals surface area contributed by atoms with Crippen LogP contribution in [-0.2, 0) is 28.3 Å². The zero-order valence-electron chi connectivity index (χ0n) is 19.6. The van der Waals surface area contributed by atoms with E-state index in [1.54, 1.807) is 0 Å². The van der Waals surface area contributed by atoms with Crippen LogP contribution in [0.1, 0.15) is 40.2 Å². The Hall–Kier alpha value is -4.02. The largest absolute Gasteiger partial charge is 0.481 e. The minimum Gasteiger partial charge on any atom is -0.481 e. The maximum absolute atomic E-state index is 13.6. The summed E-state index contributed by atoms with van der Waals surface area (Å²) in [6.45, 7) is -0.142. The number of aliphatic carboxylic acids is 1. The first kappa shape index (κ1) is 27.0. The Morgan fingerprint density at radius 2 is 1.42 bits per heavy atom. The first-order valence-electron chi connectivity index (χ1n) is 11.5. The molecule has 2 N–H and O–H groups in total. The molecule has 4 rings (SSSR count). The smallest absolute Gasteiger partial charge is 0.417 e. The average molecular weight is 537 g/mol. The Morgan fingerprint density at radius 1 is 0.842 bits per heavy atom. The van der Waals surface area contributed by atoms with Gasteiger partial charge in [0.05, 0.1) is 17.5 Å². The number of nitrogens with one attached hydrogen (secondary N) is 1. The molecule has 0 saturated carbocycles. The van der Waals surface area contributed by atoms with E-state index in [-0.39, 0.29) is 12.5 Å². The molecule has 1 atom stereocenters. The van der Waals surface area contributed by atoms with Crippen molar-refractivity contribution in [2.45, 2.75) is 37.2 Å². The summed E-state index contributed by atoms with van der Waals surface area (Å²) in [7, 11) is 0. The van der Waals surface area contributed by atoms with Crippen LogP contribution in [0.3, 0.4) is 0 Å². The summed E-state index contributed by atoms with van der Waals surface area (Å²) in [4.78, 5) is 23.9. The van der Waals surface area contributed by atoms with Gasteiger partial charge in [0.25, 0.3) is 0 Å². The number of halogens is 6. The lowest BCUT2D eigenvalue weighted by atomic mass is 9.94. The third-order valence-electron chi connectivity index (χ3n) is 6.29. The van der Waals surface area contributed by atoms with Crippen LogP contribution in [-0.4, -0.2) is 29.8 Å². The van der Waals surface area contributed by atoms with Crippen LogP contribution in [0.4, 0.5) is 31.1 Å². The predicted octanol–water partition coefficient (Wildman–Crippen LogP) is 6.65. The number of ether oxygens (including phenoxy) is 1. The van der Waals surface area contributed by atoms with Gasteiger partial charge in [-0.3, -0.25) is 4.79 Å². The third kappa shape index (κ3) is 5.76. The number of hydrogen-bond donors (Lipinski definition) is 2. The molecule has 3 aromatic rings. The Kier molecular flexibility index (Phi) is 7.39. The lowest BCUT2D eigenvalue weighted by molar-refractivity contribution is -0.162. The van der Waals surface area contributed by atoms with Crippen molar-refractivity contribution in [3.05, 3.63) is 94.5 Å². The number of carbonyl (C=O) groups is 2. The highest BCUT2D eigenvalue weighted by atomic mass is 19.4. The highest BCUT2D eigenvalue weighted by molar-refractivity contribution is 5.79. The average Bonchev–Trinajstić information content (AvgIpc) is 3.14. The summed E-state index contributed by atoms with van der Waals surface area (Å²) < 4.78 is 86.1. The lowest BCUT2D eigenvalue weighted by Crippen LogP contribution is -2.39. The molecule has 0 fully saturated rings. The van der Waals surface area contributed by atoms with E-state index in [0.717, 1.165) is 34.4 Å². The Balaban J connectivity index is 1.53. The molecule has 0 saturated heterocycles. The van der Waals surface area contributed by atoms with Crippen molar-refractivity contribution in [2.24, 2.45) is 0 Å². The summed E-state index contributed by atoms with van der Waals surface area (Å²) >= 11 is 0. The lowest BCUT2D eigenvalue weighted by Gasteiger charge is -2.23. The zero-order valence-corrected chi connectivity index (χ0v) is 19.6. The second-order valence-corrected chi connectivity index (χ2v) is 8.80. The Morgan fingerprint density at radius 3 is 1.95 bits per heavy atom. The van der Waals surface area contributed by atoms with Crippen LogP contribution in [0.15, 0.2) is 66.7 Å². The molecule has 1 aliphatic carbocycles. The van der Waals surface area contributed by atoms with Crippen LogP contribution in [0, 0.1) is 0 Å². The maximum Gasteiger partial charge on any atom is 0.417 e. The molecule has 11 heteroatoms. The van der Waals surface area contributed by atoms with Gasteiger partial charge in [-0.1, -0.05) is 60.7 Å². The molecule has 1 amide bonds. The first-order valence-corrected chi connectivity index (χ1v) is 11.5. The van der Waals surface area contributed by atoms with E-state index in [4.69, 9.17) is 4.74 Å². The second-order valence-electron chi connectivity index (χ2n) is 8.80. The molecule has 0 bridgehead atoms. The van der Waals surface area contributed by atoms with Crippen molar-refractivity contribution in [1.29, 1.82) is 0 Å². The van der Waals surface area contributed by atoms with Crippen molar-refractivity contribution in [3.63, 3.8) is 0 Å². The van der Waals surface area contributed by atoms with Crippen LogP contribution >= 0.6 is 0 Å². The van der Waals surface area contributed by atoms with Gasteiger partial charge in [-0.2, -0.15) is 26.3 Å². The number of alkyl halides is 6. The molecular formula is C27H21F6NO4. The van der Waals surface area contributed by atoms with E-state index >= 15 is 0 Å². The zero-order chi connectivity index (χ0) is 27.7. The van der Waals surface area contributed by atoms with Crippen LogP contribution in [0.5, 0.6) is 0 Å². The summed E-state index contributed by atoms with van der Waals surface area (Å²) in [5.41, 5.74) is -0.868. The number of benzene rings is 3. The Labute approximate surface area is 213 Å². The first-order chi connectivity index (χ1) is 17.9. The number of carboxylic acids is 1. The number of fused-ring (bicyclic) bond motifs is 3. The van der Waals surface area contributed by atoms with Gasteiger partial charge in [0, 0.05) is 12.0 Å². The topological polar surface area (TPSA) is 75.6 Å². The highest BCUT2D eigenvalue weighted by Gasteiger charge is 2.45. The van der Waals surface area contributed by atoms with Crippen LogP contribution in [0.25, 0.3) is 11.1 Å². The van der Waals surface area contributed by atoms with E-state index in [9.17, 15) is 41.0 Å². The molecule has 38 heavy (non-hydrogen) atoms. The van der Waals surface area contributed by atoms with E-state index in [1.165, 1.54) is 0 Å². The van der Waals surface area contributed by atoms with Gasteiger partial charge in [0.1, 0.15) is 6.61 Å². The minimum atomic E-state index is -5.36. The fourth-order valence-corrected chi connectivity index (χ4v) is 4.80. The van der Waals surface area contributed by atoms with Crippen LogP contribution in [0.2, 0.25) is 0 Å². The third-order valence-corrected chi connectivity index (χ3v) is 6.29. The number of alkyl carbamates (subject to hydrolysis) is 1. The van der Waals surface area contributed by atoms with Gasteiger partial charge in [-0.05, 0) is 40.3 Å². The van der Waals surface area contributed by atoms with Crippen molar-refractivity contribution < 1.29 is 45.8 Å². The molecule has 0 aromatic heterocycles. The van der Waals surface area contributed by atoms with Gasteiger partial charge in [0.2, 0.25) is 0 Å². The van der Waals surface area contributed by atoms with Crippen molar-refractivity contribution in [1.82, 2.24) is 5.32 Å². The van der Waals surface area contributed by atoms with Crippen molar-refractivity contribution in [3.8, 4) is 11.1 Å². The summed E-state index contributed by atoms with van der Waals surface area (Å²) in [5.74, 6) is -1.79. The normalized spacial score (nSPS) is 13.9. The molecule has 0 radical (unpaired) electrons. The van der Waals surface area contributed by atoms with Gasteiger partial charge in [0.15, 0.2) is 0 Å². The Bertz CT molecular complexity index is 1310. The molecule has 0 aliphatic heterocycles. The molecule has 0 heterocycles. The van der Waals surface area contributed by atoms with Crippen LogP contribution < -0.4 is 5.32 Å². The quantitative estimate of drug-likeness (QED) is 0.331. The number of rotatable bonds is 7. The fourth-order valence-electron chi connectivity index (χ4n) is 4.80. The monoisotopic (exact) mass is 537 g/mol. The summed E-state index contributed by atoms with van der Waals surface area (Å²) in [6, 6.07) is 15.4. The number of hydrogen-bond acceptors (Lipinski definition) is 3. The molecule has 1 aliphatic rings. The number of carbonyl (C=O) groups excluding carboxylic acids is 1. The van der Waals surface area contributed by atoms with E-state index in [1.807, 2.05) is 48.5 Å². The standard InChI is InChI=1S/C27H21F6NO4/c28-26(29,30)22-11-5-6-15(24(22)27(31,32)33)12-16(13-23(35)36)34-25(37)38-14-21-19-9-3-1-7-17(19)18-8-2-4-10-20(18)21/h1-11,16,21H,12-14H2,(H,34,37)(H,35,36)/t16-/m0/s1. The molecule has 200 valence electrons.